The summed E-state index contributed by atoms with van der Waals surface area (Å²) in [7, 11) is 0. The first-order valence-electron chi connectivity index (χ1n) is 11.2. The predicted molar refractivity (Wildman–Crippen MR) is 131 cm³/mol. The Labute approximate surface area is 206 Å². The zero-order valence-electron chi connectivity index (χ0n) is 19.2. The van der Waals surface area contributed by atoms with Gasteiger partial charge in [-0.05, 0) is 47.9 Å². The number of carbonyl (C=O) groups is 2. The van der Waals surface area contributed by atoms with Crippen LogP contribution in [0.15, 0.2) is 67.1 Å². The predicted octanol–water partition coefficient (Wildman–Crippen LogP) is 3.36. The van der Waals surface area contributed by atoms with Crippen LogP contribution >= 0.6 is 0 Å². The molecule has 184 valence electrons. The van der Waals surface area contributed by atoms with Crippen molar-refractivity contribution in [3.63, 3.8) is 0 Å². The van der Waals surface area contributed by atoms with E-state index in [1.54, 1.807) is 48.9 Å². The SMILES string of the molecule is O=C(O)NCc1ncccc1CNC(=O)c1ccc(-c2cn[nH]c2)nc1NCCc1cccc(F)c1. The summed E-state index contributed by atoms with van der Waals surface area (Å²) in [6.45, 7) is 0.601. The lowest BCUT2D eigenvalue weighted by molar-refractivity contribution is 0.0951. The number of anilines is 1. The third-order valence-corrected chi connectivity index (χ3v) is 5.36. The molecule has 0 unspecified atom stereocenters. The minimum absolute atomic E-state index is 0.0230. The molecule has 0 saturated heterocycles. The summed E-state index contributed by atoms with van der Waals surface area (Å²) in [5.41, 5.74) is 3.74. The molecule has 0 aliphatic rings. The second kappa shape index (κ2) is 11.6. The zero-order valence-corrected chi connectivity index (χ0v) is 19.2. The molecule has 0 radical (unpaired) electrons. The molecule has 0 aliphatic carbocycles. The van der Waals surface area contributed by atoms with E-state index in [4.69, 9.17) is 5.11 Å². The van der Waals surface area contributed by atoms with E-state index >= 15 is 0 Å². The van der Waals surface area contributed by atoms with Crippen molar-refractivity contribution in [1.82, 2.24) is 30.8 Å². The number of carbonyl (C=O) groups excluding carboxylic acids is 1. The molecule has 11 heteroatoms. The molecule has 1 aromatic carbocycles. The van der Waals surface area contributed by atoms with Crippen LogP contribution in [0.4, 0.5) is 15.0 Å². The lowest BCUT2D eigenvalue weighted by Crippen LogP contribution is -2.27. The summed E-state index contributed by atoms with van der Waals surface area (Å²) in [5.74, 6) is -0.293. The summed E-state index contributed by atoms with van der Waals surface area (Å²) in [4.78, 5) is 32.7. The highest BCUT2D eigenvalue weighted by Gasteiger charge is 2.16. The van der Waals surface area contributed by atoms with Crippen molar-refractivity contribution in [1.29, 1.82) is 0 Å². The third kappa shape index (κ3) is 6.41. The van der Waals surface area contributed by atoms with Crippen molar-refractivity contribution in [3.8, 4) is 11.3 Å². The van der Waals surface area contributed by atoms with Gasteiger partial charge in [-0.25, -0.2) is 14.2 Å². The van der Waals surface area contributed by atoms with Gasteiger partial charge in [0, 0.05) is 31.0 Å². The van der Waals surface area contributed by atoms with Gasteiger partial charge in [0.2, 0.25) is 0 Å². The average molecular weight is 490 g/mol. The van der Waals surface area contributed by atoms with E-state index in [0.29, 0.717) is 41.3 Å². The first-order chi connectivity index (χ1) is 17.5. The Morgan fingerprint density at radius 3 is 2.72 bits per heavy atom. The van der Waals surface area contributed by atoms with Crippen molar-refractivity contribution in [2.75, 3.05) is 11.9 Å². The van der Waals surface area contributed by atoms with Crippen molar-refractivity contribution >= 4 is 17.8 Å². The fraction of sp³-hybridized carbons (Fsp3) is 0.160. The molecule has 0 atom stereocenters. The average Bonchev–Trinajstić information content (AvgIpc) is 3.42. The van der Waals surface area contributed by atoms with Gasteiger partial charge < -0.3 is 21.1 Å². The summed E-state index contributed by atoms with van der Waals surface area (Å²) in [6, 6.07) is 13.2. The van der Waals surface area contributed by atoms with E-state index in [9.17, 15) is 14.0 Å². The molecular formula is C25H24FN7O3. The van der Waals surface area contributed by atoms with Crippen molar-refractivity contribution in [2.45, 2.75) is 19.5 Å². The van der Waals surface area contributed by atoms with Crippen LogP contribution in [-0.4, -0.2) is 43.8 Å². The highest BCUT2D eigenvalue weighted by Crippen LogP contribution is 2.21. The smallest absolute Gasteiger partial charge is 0.404 e. The van der Waals surface area contributed by atoms with Crippen LogP contribution < -0.4 is 16.0 Å². The molecule has 0 fully saturated rings. The zero-order chi connectivity index (χ0) is 25.3. The number of carboxylic acid groups (broad SMARTS) is 1. The van der Waals surface area contributed by atoms with Crippen LogP contribution in [0.5, 0.6) is 0 Å². The topological polar surface area (TPSA) is 145 Å². The van der Waals surface area contributed by atoms with Gasteiger partial charge in [-0.1, -0.05) is 18.2 Å². The molecule has 0 bridgehead atoms. The molecule has 4 rings (SSSR count). The Morgan fingerprint density at radius 2 is 1.94 bits per heavy atom. The third-order valence-electron chi connectivity index (χ3n) is 5.36. The molecule has 36 heavy (non-hydrogen) atoms. The minimum Gasteiger partial charge on any atom is -0.465 e. The number of pyridine rings is 2. The molecule has 5 N–H and O–H groups in total. The number of benzene rings is 1. The van der Waals surface area contributed by atoms with Gasteiger partial charge in [-0.15, -0.1) is 0 Å². The van der Waals surface area contributed by atoms with Gasteiger partial charge in [0.1, 0.15) is 11.6 Å². The van der Waals surface area contributed by atoms with Gasteiger partial charge >= 0.3 is 6.09 Å². The number of nitrogens with one attached hydrogen (secondary N) is 4. The fourth-order valence-electron chi connectivity index (χ4n) is 3.57. The normalized spacial score (nSPS) is 10.6. The quantitative estimate of drug-likeness (QED) is 0.230. The number of hydrogen-bond donors (Lipinski definition) is 5. The van der Waals surface area contributed by atoms with Crippen LogP contribution in [0, 0.1) is 5.82 Å². The molecule has 2 amide bonds. The molecule has 0 aliphatic heterocycles. The van der Waals surface area contributed by atoms with Crippen molar-refractivity contribution < 1.29 is 19.1 Å². The molecule has 4 aromatic rings. The largest absolute Gasteiger partial charge is 0.465 e. The number of amides is 2. The van der Waals surface area contributed by atoms with E-state index in [2.05, 4.69) is 36.1 Å². The standard InChI is InChI=1S/C25H24FN7O3/c26-19-5-1-3-16(11-19)8-10-28-23-20(6-7-21(33-23)18-13-31-32-14-18)24(34)29-12-17-4-2-9-27-22(17)15-30-25(35)36/h1-7,9,11,13-14,30H,8,10,12,15H2,(H,28,33)(H,29,34)(H,31,32)(H,35,36). The molecule has 0 saturated carbocycles. The van der Waals surface area contributed by atoms with Crippen LogP contribution in [0.2, 0.25) is 0 Å². The Kier molecular flexibility index (Phi) is 7.81. The molecule has 3 heterocycles. The molecule has 0 spiro atoms. The Hall–Kier alpha value is -4.80. The summed E-state index contributed by atoms with van der Waals surface area (Å²) in [5, 5.41) is 23.9. The maximum absolute atomic E-state index is 13.5. The van der Waals surface area contributed by atoms with E-state index in [0.717, 1.165) is 11.1 Å². The molecule has 10 nitrogen and oxygen atoms in total. The first-order valence-corrected chi connectivity index (χ1v) is 11.2. The second-order valence-electron chi connectivity index (χ2n) is 7.84. The number of aromatic nitrogens is 4. The summed E-state index contributed by atoms with van der Waals surface area (Å²) >= 11 is 0. The number of H-pyrrole nitrogens is 1. The maximum atomic E-state index is 13.5. The monoisotopic (exact) mass is 489 g/mol. The number of nitrogens with zero attached hydrogens (tertiary/aromatic N) is 3. The fourth-order valence-corrected chi connectivity index (χ4v) is 3.57. The van der Waals surface area contributed by atoms with Gasteiger partial charge in [-0.3, -0.25) is 14.9 Å². The Bertz CT molecular complexity index is 1350. The van der Waals surface area contributed by atoms with Crippen LogP contribution in [0.25, 0.3) is 11.3 Å². The van der Waals surface area contributed by atoms with Crippen LogP contribution in [-0.2, 0) is 19.5 Å². The minimum atomic E-state index is -1.16. The molecule has 3 aromatic heterocycles. The van der Waals surface area contributed by atoms with E-state index in [1.807, 2.05) is 6.07 Å². The highest BCUT2D eigenvalue weighted by atomic mass is 19.1. The highest BCUT2D eigenvalue weighted by molar-refractivity contribution is 5.99. The Morgan fingerprint density at radius 1 is 1.06 bits per heavy atom. The van der Waals surface area contributed by atoms with Crippen LogP contribution in [0.1, 0.15) is 27.2 Å². The van der Waals surface area contributed by atoms with Crippen molar-refractivity contribution in [2.24, 2.45) is 0 Å². The summed E-state index contributed by atoms with van der Waals surface area (Å²) in [6.07, 6.45) is 4.27. The lowest BCUT2D eigenvalue weighted by atomic mass is 10.1. The van der Waals surface area contributed by atoms with E-state index < -0.39 is 6.09 Å². The van der Waals surface area contributed by atoms with E-state index in [1.165, 1.54) is 12.1 Å². The number of aromatic amines is 1. The lowest BCUT2D eigenvalue weighted by Gasteiger charge is -2.14. The van der Waals surface area contributed by atoms with Gasteiger partial charge in [0.15, 0.2) is 0 Å². The number of rotatable bonds is 10. The summed E-state index contributed by atoms with van der Waals surface area (Å²) < 4.78 is 13.5. The second-order valence-corrected chi connectivity index (χ2v) is 7.84. The maximum Gasteiger partial charge on any atom is 0.404 e. The Balaban J connectivity index is 1.49. The number of hydrogen-bond acceptors (Lipinski definition) is 6. The molecular weight excluding hydrogens is 465 g/mol. The number of halogens is 1. The van der Waals surface area contributed by atoms with E-state index in [-0.39, 0.29) is 24.8 Å². The van der Waals surface area contributed by atoms with Gasteiger partial charge in [-0.2, -0.15) is 5.10 Å². The van der Waals surface area contributed by atoms with Gasteiger partial charge in [0.05, 0.1) is 29.7 Å². The first kappa shape index (κ1) is 24.3. The van der Waals surface area contributed by atoms with Crippen LogP contribution in [0.3, 0.4) is 0 Å². The van der Waals surface area contributed by atoms with Crippen molar-refractivity contribution in [3.05, 3.63) is 95.3 Å². The van der Waals surface area contributed by atoms with Gasteiger partial charge in [0.25, 0.3) is 5.91 Å².